The van der Waals surface area contributed by atoms with Gasteiger partial charge < -0.3 is 14.5 Å². The Morgan fingerprint density at radius 1 is 1.30 bits per heavy atom. The van der Waals surface area contributed by atoms with Gasteiger partial charge in [-0.1, -0.05) is 6.92 Å². The van der Waals surface area contributed by atoms with Crippen LogP contribution in [0.5, 0.6) is 0 Å². The van der Waals surface area contributed by atoms with Crippen LogP contribution < -0.4 is 4.90 Å². The molecule has 0 radical (unpaired) electrons. The molecule has 1 atom stereocenters. The molecule has 126 valence electrons. The SMILES string of the molecule is CCc1ncnc(N2CCOC(C(=O)N3CCCCC3)C2)c1F. The Morgan fingerprint density at radius 3 is 2.83 bits per heavy atom. The van der Waals surface area contributed by atoms with Gasteiger partial charge in [0.2, 0.25) is 0 Å². The summed E-state index contributed by atoms with van der Waals surface area (Å²) in [4.78, 5) is 24.3. The highest BCUT2D eigenvalue weighted by molar-refractivity contribution is 5.82. The Labute approximate surface area is 135 Å². The first kappa shape index (κ1) is 16.1. The minimum Gasteiger partial charge on any atom is -0.365 e. The zero-order chi connectivity index (χ0) is 16.2. The molecule has 0 spiro atoms. The Balaban J connectivity index is 1.72. The first-order chi connectivity index (χ1) is 11.2. The highest BCUT2D eigenvalue weighted by Crippen LogP contribution is 2.22. The van der Waals surface area contributed by atoms with Gasteiger partial charge in [0.25, 0.3) is 5.91 Å². The zero-order valence-corrected chi connectivity index (χ0v) is 13.5. The summed E-state index contributed by atoms with van der Waals surface area (Å²) in [6.45, 7) is 4.71. The van der Waals surface area contributed by atoms with E-state index < -0.39 is 6.10 Å². The number of carbonyl (C=O) groups is 1. The van der Waals surface area contributed by atoms with Crippen molar-refractivity contribution >= 4 is 11.7 Å². The van der Waals surface area contributed by atoms with Crippen molar-refractivity contribution in [2.75, 3.05) is 37.7 Å². The van der Waals surface area contributed by atoms with Crippen LogP contribution in [0.15, 0.2) is 6.33 Å². The van der Waals surface area contributed by atoms with Crippen molar-refractivity contribution in [1.82, 2.24) is 14.9 Å². The second-order valence-corrected chi connectivity index (χ2v) is 6.00. The van der Waals surface area contributed by atoms with Gasteiger partial charge in [-0.3, -0.25) is 4.79 Å². The molecule has 1 unspecified atom stereocenters. The third-order valence-corrected chi connectivity index (χ3v) is 4.49. The predicted molar refractivity (Wildman–Crippen MR) is 83.8 cm³/mol. The second-order valence-electron chi connectivity index (χ2n) is 6.00. The summed E-state index contributed by atoms with van der Waals surface area (Å²) in [6, 6.07) is 0. The number of nitrogens with zero attached hydrogens (tertiary/aromatic N) is 4. The van der Waals surface area contributed by atoms with Gasteiger partial charge in [0.05, 0.1) is 18.8 Å². The minimum absolute atomic E-state index is 0.0135. The van der Waals surface area contributed by atoms with Crippen molar-refractivity contribution in [2.45, 2.75) is 38.7 Å². The Morgan fingerprint density at radius 2 is 2.09 bits per heavy atom. The van der Waals surface area contributed by atoms with Crippen molar-refractivity contribution in [1.29, 1.82) is 0 Å². The summed E-state index contributed by atoms with van der Waals surface area (Å²) < 4.78 is 20.1. The number of piperidine rings is 1. The zero-order valence-electron chi connectivity index (χ0n) is 13.5. The van der Waals surface area contributed by atoms with Crippen molar-refractivity contribution in [3.8, 4) is 0 Å². The lowest BCUT2D eigenvalue weighted by atomic mass is 10.1. The van der Waals surface area contributed by atoms with E-state index >= 15 is 0 Å². The van der Waals surface area contributed by atoms with Gasteiger partial charge in [0.1, 0.15) is 6.33 Å². The lowest BCUT2D eigenvalue weighted by Crippen LogP contribution is -2.52. The van der Waals surface area contributed by atoms with Crippen molar-refractivity contribution in [3.63, 3.8) is 0 Å². The van der Waals surface area contributed by atoms with Crippen molar-refractivity contribution in [3.05, 3.63) is 17.8 Å². The van der Waals surface area contributed by atoms with E-state index in [0.29, 0.717) is 31.8 Å². The van der Waals surface area contributed by atoms with E-state index in [9.17, 15) is 9.18 Å². The van der Waals surface area contributed by atoms with E-state index in [-0.39, 0.29) is 17.5 Å². The van der Waals surface area contributed by atoms with Crippen LogP contribution in [0.1, 0.15) is 31.9 Å². The summed E-state index contributed by atoms with van der Waals surface area (Å²) in [5, 5.41) is 0. The molecule has 1 aromatic heterocycles. The third-order valence-electron chi connectivity index (χ3n) is 4.49. The molecular formula is C16H23FN4O2. The Kier molecular flexibility index (Phi) is 5.05. The van der Waals surface area contributed by atoms with Crippen LogP contribution in [0.3, 0.4) is 0 Å². The number of halogens is 1. The molecule has 6 nitrogen and oxygen atoms in total. The molecule has 0 aromatic carbocycles. The van der Waals surface area contributed by atoms with Crippen LogP contribution in [0.2, 0.25) is 0 Å². The molecule has 1 aromatic rings. The molecule has 3 rings (SSSR count). The van der Waals surface area contributed by atoms with Gasteiger partial charge in [-0.05, 0) is 25.7 Å². The van der Waals surface area contributed by atoms with E-state index in [0.717, 1.165) is 25.9 Å². The van der Waals surface area contributed by atoms with Gasteiger partial charge in [0, 0.05) is 19.6 Å². The highest BCUT2D eigenvalue weighted by Gasteiger charge is 2.32. The number of hydrogen-bond donors (Lipinski definition) is 0. The average molecular weight is 322 g/mol. The van der Waals surface area contributed by atoms with Gasteiger partial charge in [-0.15, -0.1) is 0 Å². The molecule has 7 heteroatoms. The molecule has 23 heavy (non-hydrogen) atoms. The quantitative estimate of drug-likeness (QED) is 0.842. The van der Waals surface area contributed by atoms with Gasteiger partial charge in [0.15, 0.2) is 17.7 Å². The fourth-order valence-corrected chi connectivity index (χ4v) is 3.17. The lowest BCUT2D eigenvalue weighted by Gasteiger charge is -2.36. The summed E-state index contributed by atoms with van der Waals surface area (Å²) in [5.41, 5.74) is 0.403. The van der Waals surface area contributed by atoms with E-state index in [2.05, 4.69) is 9.97 Å². The third kappa shape index (κ3) is 3.44. The van der Waals surface area contributed by atoms with Gasteiger partial charge in [-0.2, -0.15) is 0 Å². The van der Waals surface area contributed by atoms with Crippen LogP contribution in [-0.4, -0.2) is 59.7 Å². The number of ether oxygens (including phenoxy) is 1. The fraction of sp³-hybridized carbons (Fsp3) is 0.688. The molecule has 0 aliphatic carbocycles. The maximum atomic E-state index is 14.4. The number of anilines is 1. The number of likely N-dealkylation sites (tertiary alicyclic amines) is 1. The monoisotopic (exact) mass is 322 g/mol. The summed E-state index contributed by atoms with van der Waals surface area (Å²) >= 11 is 0. The normalized spacial score (nSPS) is 22.3. The van der Waals surface area contributed by atoms with Crippen LogP contribution >= 0.6 is 0 Å². The first-order valence-electron chi connectivity index (χ1n) is 8.35. The number of morpholine rings is 1. The average Bonchev–Trinajstić information content (AvgIpc) is 2.62. The molecule has 2 aliphatic heterocycles. The maximum absolute atomic E-state index is 14.4. The molecule has 3 heterocycles. The lowest BCUT2D eigenvalue weighted by molar-refractivity contribution is -0.145. The number of aromatic nitrogens is 2. The standard InChI is InChI=1S/C16H23FN4O2/c1-2-12-14(17)15(19-11-18-12)21-8-9-23-13(10-21)16(22)20-6-4-3-5-7-20/h11,13H,2-10H2,1H3. The van der Waals surface area contributed by atoms with Gasteiger partial charge >= 0.3 is 0 Å². The molecular weight excluding hydrogens is 299 g/mol. The van der Waals surface area contributed by atoms with Gasteiger partial charge in [-0.25, -0.2) is 14.4 Å². The summed E-state index contributed by atoms with van der Waals surface area (Å²) in [7, 11) is 0. The van der Waals surface area contributed by atoms with Crippen LogP contribution in [0, 0.1) is 5.82 Å². The molecule has 0 bridgehead atoms. The number of amides is 1. The van der Waals surface area contributed by atoms with Crippen LogP contribution in [0.4, 0.5) is 10.2 Å². The fourth-order valence-electron chi connectivity index (χ4n) is 3.17. The second kappa shape index (κ2) is 7.21. The smallest absolute Gasteiger partial charge is 0.253 e. The van der Waals surface area contributed by atoms with Crippen molar-refractivity contribution in [2.24, 2.45) is 0 Å². The summed E-state index contributed by atoms with van der Waals surface area (Å²) in [6.07, 6.45) is 4.62. The molecule has 0 N–H and O–H groups in total. The van der Waals surface area contributed by atoms with Crippen LogP contribution in [0.25, 0.3) is 0 Å². The van der Waals surface area contributed by atoms with E-state index in [1.807, 2.05) is 11.8 Å². The molecule has 2 saturated heterocycles. The number of hydrogen-bond acceptors (Lipinski definition) is 5. The molecule has 1 amide bonds. The van der Waals surface area contributed by atoms with Crippen LogP contribution in [-0.2, 0) is 16.0 Å². The number of aryl methyl sites for hydroxylation is 1. The first-order valence-corrected chi connectivity index (χ1v) is 8.35. The topological polar surface area (TPSA) is 58.6 Å². The predicted octanol–water partition coefficient (Wildman–Crippen LogP) is 1.40. The minimum atomic E-state index is -0.540. The van der Waals surface area contributed by atoms with E-state index in [4.69, 9.17) is 4.74 Å². The van der Waals surface area contributed by atoms with Crippen molar-refractivity contribution < 1.29 is 13.9 Å². The maximum Gasteiger partial charge on any atom is 0.253 e. The van der Waals surface area contributed by atoms with E-state index in [1.54, 1.807) is 4.90 Å². The molecule has 2 fully saturated rings. The number of rotatable bonds is 3. The largest absolute Gasteiger partial charge is 0.365 e. The molecule has 2 aliphatic rings. The molecule has 0 saturated carbocycles. The number of carbonyl (C=O) groups excluding carboxylic acids is 1. The summed E-state index contributed by atoms with van der Waals surface area (Å²) in [5.74, 6) is -0.0998. The highest BCUT2D eigenvalue weighted by atomic mass is 19.1. The Hall–Kier alpha value is -1.76. The Bertz CT molecular complexity index is 563. The van der Waals surface area contributed by atoms with E-state index in [1.165, 1.54) is 12.7 Å².